The van der Waals surface area contributed by atoms with E-state index in [9.17, 15) is 0 Å². The molecule has 0 atom stereocenters. The summed E-state index contributed by atoms with van der Waals surface area (Å²) in [5, 5.41) is 15.8. The molecule has 0 spiro atoms. The van der Waals surface area contributed by atoms with Crippen molar-refractivity contribution in [1.29, 1.82) is 0 Å². The lowest BCUT2D eigenvalue weighted by Crippen LogP contribution is -2.09. The summed E-state index contributed by atoms with van der Waals surface area (Å²) in [6, 6.07) is 11.5. The summed E-state index contributed by atoms with van der Waals surface area (Å²) in [6.07, 6.45) is 2.11. The molecule has 1 N–H and O–H groups in total. The fraction of sp³-hybridized carbons (Fsp3) is 0.350. The number of aryl methyl sites for hydroxylation is 1. The number of hydrogen-bond acceptors (Lipinski definition) is 6. The Hall–Kier alpha value is -2.32. The first-order valence-electron chi connectivity index (χ1n) is 9.34. The maximum Gasteiger partial charge on any atom is 0.243 e. The van der Waals surface area contributed by atoms with Crippen LogP contribution in [0.15, 0.2) is 40.9 Å². The SMILES string of the molecule is CCCCn1nnnc1NCc1cc(Br)c(OCc2cccc(Cl)c2)c(OC)c1. The van der Waals surface area contributed by atoms with Crippen molar-refractivity contribution in [2.75, 3.05) is 12.4 Å². The number of benzene rings is 2. The Morgan fingerprint density at radius 3 is 2.83 bits per heavy atom. The summed E-state index contributed by atoms with van der Waals surface area (Å²) in [7, 11) is 1.62. The van der Waals surface area contributed by atoms with Crippen molar-refractivity contribution >= 4 is 33.5 Å². The number of nitrogens with zero attached hydrogens (tertiary/aromatic N) is 4. The van der Waals surface area contributed by atoms with Crippen molar-refractivity contribution in [1.82, 2.24) is 20.2 Å². The van der Waals surface area contributed by atoms with Gasteiger partial charge in [-0.15, -0.1) is 0 Å². The van der Waals surface area contributed by atoms with Crippen LogP contribution in [-0.4, -0.2) is 27.3 Å². The lowest BCUT2D eigenvalue weighted by molar-refractivity contribution is 0.282. The molecule has 0 fully saturated rings. The number of rotatable bonds is 10. The Morgan fingerprint density at radius 2 is 2.07 bits per heavy atom. The third-order valence-corrected chi connectivity index (χ3v) is 5.09. The first-order chi connectivity index (χ1) is 14.1. The van der Waals surface area contributed by atoms with Gasteiger partial charge in [0.2, 0.25) is 5.95 Å². The summed E-state index contributed by atoms with van der Waals surface area (Å²) < 4.78 is 14.1. The van der Waals surface area contributed by atoms with E-state index in [0.29, 0.717) is 35.6 Å². The van der Waals surface area contributed by atoms with E-state index in [0.717, 1.165) is 35.0 Å². The number of unbranched alkanes of at least 4 members (excludes halogenated alkanes) is 1. The van der Waals surface area contributed by atoms with Crippen molar-refractivity contribution in [2.45, 2.75) is 39.5 Å². The standard InChI is InChI=1S/C20H23BrClN5O2/c1-3-4-8-27-20(24-25-26-27)23-12-15-10-17(21)19(18(11-15)28-2)29-13-14-6-5-7-16(22)9-14/h5-7,9-11H,3-4,8,12-13H2,1-2H3,(H,23,24,26). The molecule has 2 aromatic carbocycles. The predicted octanol–water partition coefficient (Wildman–Crippen LogP) is 5.09. The van der Waals surface area contributed by atoms with Gasteiger partial charge in [-0.05, 0) is 68.2 Å². The minimum Gasteiger partial charge on any atom is -0.493 e. The second-order valence-electron chi connectivity index (χ2n) is 6.46. The zero-order valence-corrected chi connectivity index (χ0v) is 18.7. The molecular weight excluding hydrogens is 458 g/mol. The van der Waals surface area contributed by atoms with Gasteiger partial charge in [0.1, 0.15) is 6.61 Å². The van der Waals surface area contributed by atoms with Crippen molar-refractivity contribution in [3.05, 3.63) is 57.0 Å². The van der Waals surface area contributed by atoms with Crippen LogP contribution in [0.3, 0.4) is 0 Å². The third-order valence-electron chi connectivity index (χ3n) is 4.27. The van der Waals surface area contributed by atoms with E-state index >= 15 is 0 Å². The van der Waals surface area contributed by atoms with Gasteiger partial charge in [0.25, 0.3) is 0 Å². The molecule has 0 aliphatic carbocycles. The fourth-order valence-corrected chi connectivity index (χ4v) is 3.59. The lowest BCUT2D eigenvalue weighted by atomic mass is 10.2. The highest BCUT2D eigenvalue weighted by Crippen LogP contribution is 2.37. The largest absolute Gasteiger partial charge is 0.493 e. The number of ether oxygens (including phenoxy) is 2. The Bertz CT molecular complexity index is 950. The van der Waals surface area contributed by atoms with Crippen LogP contribution in [0.4, 0.5) is 5.95 Å². The highest BCUT2D eigenvalue weighted by Gasteiger charge is 2.13. The second kappa shape index (κ2) is 10.5. The Morgan fingerprint density at radius 1 is 1.21 bits per heavy atom. The van der Waals surface area contributed by atoms with Crippen LogP contribution >= 0.6 is 27.5 Å². The molecule has 29 heavy (non-hydrogen) atoms. The molecule has 0 bridgehead atoms. The molecule has 3 rings (SSSR count). The number of halogens is 2. The smallest absolute Gasteiger partial charge is 0.243 e. The average molecular weight is 481 g/mol. The molecule has 0 aliphatic rings. The highest BCUT2D eigenvalue weighted by atomic mass is 79.9. The maximum atomic E-state index is 6.04. The minimum absolute atomic E-state index is 0.388. The minimum atomic E-state index is 0.388. The number of tetrazole rings is 1. The second-order valence-corrected chi connectivity index (χ2v) is 7.75. The van der Waals surface area contributed by atoms with Gasteiger partial charge in [-0.2, -0.15) is 0 Å². The molecule has 0 aliphatic heterocycles. The van der Waals surface area contributed by atoms with Crippen LogP contribution in [-0.2, 0) is 19.7 Å². The molecule has 0 amide bonds. The van der Waals surface area contributed by atoms with E-state index in [1.807, 2.05) is 36.4 Å². The van der Waals surface area contributed by atoms with E-state index < -0.39 is 0 Å². The number of nitrogens with one attached hydrogen (secondary N) is 1. The first kappa shape index (κ1) is 21.4. The summed E-state index contributed by atoms with van der Waals surface area (Å²) in [5.74, 6) is 1.93. The van der Waals surface area contributed by atoms with Crippen LogP contribution in [0, 0.1) is 0 Å². The van der Waals surface area contributed by atoms with Gasteiger partial charge in [0, 0.05) is 18.1 Å². The van der Waals surface area contributed by atoms with Crippen molar-refractivity contribution in [2.24, 2.45) is 0 Å². The number of hydrogen-bond donors (Lipinski definition) is 1. The summed E-state index contributed by atoms with van der Waals surface area (Å²) in [5.41, 5.74) is 1.99. The zero-order valence-electron chi connectivity index (χ0n) is 16.4. The van der Waals surface area contributed by atoms with E-state index in [1.165, 1.54) is 0 Å². The third kappa shape index (κ3) is 5.83. The van der Waals surface area contributed by atoms with Gasteiger partial charge in [0.15, 0.2) is 11.5 Å². The normalized spacial score (nSPS) is 10.8. The highest BCUT2D eigenvalue weighted by molar-refractivity contribution is 9.10. The molecule has 1 aromatic heterocycles. The molecule has 0 saturated heterocycles. The number of methoxy groups -OCH3 is 1. The van der Waals surface area contributed by atoms with Crippen LogP contribution < -0.4 is 14.8 Å². The summed E-state index contributed by atoms with van der Waals surface area (Å²) in [4.78, 5) is 0. The van der Waals surface area contributed by atoms with Gasteiger partial charge in [-0.1, -0.05) is 42.2 Å². The molecule has 154 valence electrons. The average Bonchev–Trinajstić information content (AvgIpc) is 3.16. The molecule has 0 radical (unpaired) electrons. The van der Waals surface area contributed by atoms with Crippen molar-refractivity contribution < 1.29 is 9.47 Å². The van der Waals surface area contributed by atoms with Gasteiger partial charge >= 0.3 is 0 Å². The Labute approximate surface area is 183 Å². The number of anilines is 1. The van der Waals surface area contributed by atoms with Crippen molar-refractivity contribution in [3.63, 3.8) is 0 Å². The summed E-state index contributed by atoms with van der Waals surface area (Å²) in [6.45, 7) is 3.86. The molecular formula is C20H23BrClN5O2. The molecule has 0 saturated carbocycles. The number of aromatic nitrogens is 4. The molecule has 0 unspecified atom stereocenters. The molecule has 1 heterocycles. The van der Waals surface area contributed by atoms with Crippen LogP contribution in [0.2, 0.25) is 5.02 Å². The molecule has 3 aromatic rings. The van der Waals surface area contributed by atoms with Gasteiger partial charge in [-0.3, -0.25) is 0 Å². The summed E-state index contributed by atoms with van der Waals surface area (Å²) >= 11 is 9.63. The monoisotopic (exact) mass is 479 g/mol. The lowest BCUT2D eigenvalue weighted by Gasteiger charge is -2.15. The van der Waals surface area contributed by atoms with Crippen LogP contribution in [0.5, 0.6) is 11.5 Å². The molecule has 7 nitrogen and oxygen atoms in total. The van der Waals surface area contributed by atoms with Gasteiger partial charge in [-0.25, -0.2) is 4.68 Å². The fourth-order valence-electron chi connectivity index (χ4n) is 2.77. The zero-order chi connectivity index (χ0) is 20.6. The van der Waals surface area contributed by atoms with E-state index in [1.54, 1.807) is 11.8 Å². The van der Waals surface area contributed by atoms with Crippen LogP contribution in [0.25, 0.3) is 0 Å². The van der Waals surface area contributed by atoms with Gasteiger partial charge < -0.3 is 14.8 Å². The Balaban J connectivity index is 1.68. The maximum absolute atomic E-state index is 6.04. The topological polar surface area (TPSA) is 74.1 Å². The van der Waals surface area contributed by atoms with Gasteiger partial charge in [0.05, 0.1) is 11.6 Å². The van der Waals surface area contributed by atoms with Crippen LogP contribution in [0.1, 0.15) is 30.9 Å². The predicted molar refractivity (Wildman–Crippen MR) is 117 cm³/mol. The first-order valence-corrected chi connectivity index (χ1v) is 10.5. The Kier molecular flexibility index (Phi) is 7.71. The molecule has 9 heteroatoms. The van der Waals surface area contributed by atoms with E-state index in [4.69, 9.17) is 21.1 Å². The van der Waals surface area contributed by atoms with Crippen molar-refractivity contribution in [3.8, 4) is 11.5 Å². The van der Waals surface area contributed by atoms with E-state index in [-0.39, 0.29) is 0 Å². The van der Waals surface area contributed by atoms with E-state index in [2.05, 4.69) is 43.7 Å². The quantitative estimate of drug-likeness (QED) is 0.436.